The van der Waals surface area contributed by atoms with Crippen LogP contribution in [-0.2, 0) is 11.0 Å². The number of carbonyl (C=O) groups is 1. The highest BCUT2D eigenvalue weighted by molar-refractivity contribution is 5.81. The van der Waals surface area contributed by atoms with E-state index >= 15 is 0 Å². The second-order valence-electron chi connectivity index (χ2n) is 9.09. The molecular formula is C20H25F3N2O3. The summed E-state index contributed by atoms with van der Waals surface area (Å²) in [6, 6.07) is 2.86. The topological polar surface area (TPSA) is 62.7 Å². The van der Waals surface area contributed by atoms with Gasteiger partial charge in [-0.1, -0.05) is 6.07 Å². The van der Waals surface area contributed by atoms with E-state index in [9.17, 15) is 23.1 Å². The molecule has 0 aromatic carbocycles. The Morgan fingerprint density at radius 1 is 1.29 bits per heavy atom. The van der Waals surface area contributed by atoms with Crippen LogP contribution in [0.25, 0.3) is 0 Å². The monoisotopic (exact) mass is 398 g/mol. The van der Waals surface area contributed by atoms with E-state index in [0.717, 1.165) is 19.3 Å². The lowest BCUT2D eigenvalue weighted by Gasteiger charge is -2.51. The molecule has 3 fully saturated rings. The van der Waals surface area contributed by atoms with E-state index in [4.69, 9.17) is 4.74 Å². The molecular weight excluding hydrogens is 373 g/mol. The van der Waals surface area contributed by atoms with Gasteiger partial charge in [0.2, 0.25) is 11.8 Å². The van der Waals surface area contributed by atoms with Crippen molar-refractivity contribution in [2.75, 3.05) is 13.1 Å². The molecule has 1 aliphatic heterocycles. The fourth-order valence-electron chi connectivity index (χ4n) is 4.93. The van der Waals surface area contributed by atoms with Crippen LogP contribution in [0, 0.1) is 18.3 Å². The van der Waals surface area contributed by atoms with Crippen LogP contribution in [0.1, 0.15) is 50.3 Å². The van der Waals surface area contributed by atoms with Gasteiger partial charge in [0, 0.05) is 30.5 Å². The Balaban J connectivity index is 1.32. The first kappa shape index (κ1) is 19.5. The molecule has 154 valence electrons. The molecule has 2 aliphatic carbocycles. The highest BCUT2D eigenvalue weighted by Crippen LogP contribution is 2.48. The summed E-state index contributed by atoms with van der Waals surface area (Å²) in [7, 11) is 0. The summed E-state index contributed by atoms with van der Waals surface area (Å²) in [6.07, 6.45) is -1.29. The largest absolute Gasteiger partial charge is 0.474 e. The van der Waals surface area contributed by atoms with E-state index in [0.29, 0.717) is 25.9 Å². The third kappa shape index (κ3) is 3.58. The molecule has 0 radical (unpaired) electrons. The number of likely N-dealkylation sites (tertiary alicyclic amines) is 1. The Hall–Kier alpha value is -1.83. The normalized spacial score (nSPS) is 31.4. The smallest absolute Gasteiger partial charge is 0.433 e. The molecule has 28 heavy (non-hydrogen) atoms. The first-order valence-electron chi connectivity index (χ1n) is 9.69. The van der Waals surface area contributed by atoms with Crippen LogP contribution in [0.15, 0.2) is 12.1 Å². The standard InChI is InChI=1S/C20H25F3N2O3/c1-12-3-4-15(24-16(12)20(21,22)23)28-14-5-6-19(9-14)10-25(11-19)17(26)13-7-18(2,27)8-13/h3-4,13-14,27H,5-11H2,1-2H3. The molecule has 0 bridgehead atoms. The number of aryl methyl sites for hydroxylation is 1. The zero-order valence-corrected chi connectivity index (χ0v) is 16.1. The number of amides is 1. The first-order valence-corrected chi connectivity index (χ1v) is 9.69. The van der Waals surface area contributed by atoms with Crippen molar-refractivity contribution in [3.63, 3.8) is 0 Å². The number of carbonyl (C=O) groups excluding carboxylic acids is 1. The molecule has 1 N–H and O–H groups in total. The molecule has 1 atom stereocenters. The average Bonchev–Trinajstić information content (AvgIpc) is 2.95. The number of hydrogen-bond donors (Lipinski definition) is 1. The van der Waals surface area contributed by atoms with Gasteiger partial charge in [-0.15, -0.1) is 0 Å². The lowest BCUT2D eigenvalue weighted by atomic mass is 9.70. The Labute approximate surface area is 161 Å². The zero-order valence-electron chi connectivity index (χ0n) is 16.1. The zero-order chi connectivity index (χ0) is 20.3. The van der Waals surface area contributed by atoms with Crippen molar-refractivity contribution in [3.8, 4) is 5.88 Å². The second kappa shape index (κ2) is 6.34. The highest BCUT2D eigenvalue weighted by atomic mass is 19.4. The fraction of sp³-hybridized carbons (Fsp3) is 0.700. The summed E-state index contributed by atoms with van der Waals surface area (Å²) in [6.45, 7) is 4.46. The van der Waals surface area contributed by atoms with E-state index < -0.39 is 17.5 Å². The summed E-state index contributed by atoms with van der Waals surface area (Å²) in [5.74, 6) is 0.0267. The number of nitrogens with zero attached hydrogens (tertiary/aromatic N) is 2. The molecule has 1 aromatic rings. The van der Waals surface area contributed by atoms with E-state index in [2.05, 4.69) is 4.98 Å². The minimum atomic E-state index is -4.50. The van der Waals surface area contributed by atoms with Gasteiger partial charge >= 0.3 is 6.18 Å². The number of aromatic nitrogens is 1. The summed E-state index contributed by atoms with van der Waals surface area (Å²) < 4.78 is 44.8. The highest BCUT2D eigenvalue weighted by Gasteiger charge is 2.53. The molecule has 1 amide bonds. The van der Waals surface area contributed by atoms with Crippen molar-refractivity contribution in [2.24, 2.45) is 11.3 Å². The van der Waals surface area contributed by atoms with Gasteiger partial charge < -0.3 is 14.7 Å². The van der Waals surface area contributed by atoms with Crippen molar-refractivity contribution in [1.82, 2.24) is 9.88 Å². The fourth-order valence-corrected chi connectivity index (χ4v) is 4.93. The van der Waals surface area contributed by atoms with Gasteiger partial charge in [0.1, 0.15) is 6.10 Å². The molecule has 2 saturated carbocycles. The lowest BCUT2D eigenvalue weighted by molar-refractivity contribution is -0.161. The van der Waals surface area contributed by atoms with E-state index in [1.54, 1.807) is 6.92 Å². The minimum Gasteiger partial charge on any atom is -0.474 e. The van der Waals surface area contributed by atoms with Gasteiger partial charge in [-0.3, -0.25) is 4.79 Å². The third-order valence-electron chi connectivity index (χ3n) is 6.37. The van der Waals surface area contributed by atoms with E-state index in [1.165, 1.54) is 19.1 Å². The SMILES string of the molecule is Cc1ccc(OC2CCC3(C2)CN(C(=O)C2CC(C)(O)C2)C3)nc1C(F)(F)F. The van der Waals surface area contributed by atoms with Crippen molar-refractivity contribution in [2.45, 2.75) is 63.8 Å². The number of pyridine rings is 1. The van der Waals surface area contributed by atoms with Crippen molar-refractivity contribution in [1.29, 1.82) is 0 Å². The Bertz CT molecular complexity index is 779. The van der Waals surface area contributed by atoms with Gasteiger partial charge in [0.05, 0.1) is 5.60 Å². The van der Waals surface area contributed by atoms with Gasteiger partial charge in [0.15, 0.2) is 5.69 Å². The quantitative estimate of drug-likeness (QED) is 0.849. The molecule has 1 unspecified atom stereocenters. The summed E-state index contributed by atoms with van der Waals surface area (Å²) >= 11 is 0. The number of ether oxygens (including phenoxy) is 1. The minimum absolute atomic E-state index is 0.00364. The van der Waals surface area contributed by atoms with E-state index in [1.807, 2.05) is 4.90 Å². The second-order valence-corrected chi connectivity index (χ2v) is 9.09. The molecule has 1 saturated heterocycles. The lowest BCUT2D eigenvalue weighted by Crippen LogP contribution is -2.61. The Kier molecular flexibility index (Phi) is 4.41. The first-order chi connectivity index (χ1) is 13.0. The number of rotatable bonds is 3. The number of aliphatic hydroxyl groups is 1. The molecule has 8 heteroatoms. The van der Waals surface area contributed by atoms with Gasteiger partial charge in [-0.2, -0.15) is 13.2 Å². The van der Waals surface area contributed by atoms with Crippen molar-refractivity contribution in [3.05, 3.63) is 23.4 Å². The molecule has 5 nitrogen and oxygen atoms in total. The molecule has 4 rings (SSSR count). The molecule has 2 heterocycles. The maximum Gasteiger partial charge on any atom is 0.433 e. The van der Waals surface area contributed by atoms with Crippen molar-refractivity contribution >= 4 is 5.91 Å². The van der Waals surface area contributed by atoms with Gasteiger partial charge in [-0.25, -0.2) is 4.98 Å². The average molecular weight is 398 g/mol. The maximum atomic E-state index is 13.0. The molecule has 3 aliphatic rings. The summed E-state index contributed by atoms with van der Waals surface area (Å²) in [5, 5.41) is 9.81. The van der Waals surface area contributed by atoms with Crippen LogP contribution in [-0.4, -0.2) is 45.7 Å². The van der Waals surface area contributed by atoms with Crippen LogP contribution in [0.5, 0.6) is 5.88 Å². The Morgan fingerprint density at radius 2 is 1.96 bits per heavy atom. The third-order valence-corrected chi connectivity index (χ3v) is 6.37. The number of hydrogen-bond acceptors (Lipinski definition) is 4. The van der Waals surface area contributed by atoms with Crippen LogP contribution < -0.4 is 4.74 Å². The van der Waals surface area contributed by atoms with Crippen LogP contribution >= 0.6 is 0 Å². The van der Waals surface area contributed by atoms with Crippen LogP contribution in [0.3, 0.4) is 0 Å². The predicted molar refractivity (Wildman–Crippen MR) is 94.6 cm³/mol. The Morgan fingerprint density at radius 3 is 2.57 bits per heavy atom. The predicted octanol–water partition coefficient (Wildman–Crippen LogP) is 3.33. The maximum absolute atomic E-state index is 13.0. The van der Waals surface area contributed by atoms with Crippen molar-refractivity contribution < 1.29 is 27.8 Å². The summed E-state index contributed by atoms with van der Waals surface area (Å²) in [5.41, 5.74) is -1.55. The van der Waals surface area contributed by atoms with E-state index in [-0.39, 0.29) is 34.8 Å². The van der Waals surface area contributed by atoms with Gasteiger partial charge in [-0.05, 0) is 51.5 Å². The van der Waals surface area contributed by atoms with Crippen LogP contribution in [0.2, 0.25) is 0 Å². The number of halogens is 3. The molecule has 1 aromatic heterocycles. The number of alkyl halides is 3. The summed E-state index contributed by atoms with van der Waals surface area (Å²) in [4.78, 5) is 17.9. The van der Waals surface area contributed by atoms with Gasteiger partial charge in [0.25, 0.3) is 0 Å². The molecule has 1 spiro atoms. The van der Waals surface area contributed by atoms with Crippen LogP contribution in [0.4, 0.5) is 13.2 Å².